The zero-order chi connectivity index (χ0) is 15.5. The van der Waals surface area contributed by atoms with Gasteiger partial charge in [-0.15, -0.1) is 0 Å². The highest BCUT2D eigenvalue weighted by atomic mass is 16.6. The van der Waals surface area contributed by atoms with Gasteiger partial charge in [0.15, 0.2) is 0 Å². The number of nitro groups is 1. The summed E-state index contributed by atoms with van der Waals surface area (Å²) in [5.41, 5.74) is -0.216. The maximum Gasteiger partial charge on any atom is 0.270 e. The Morgan fingerprint density at radius 2 is 2.00 bits per heavy atom. The molecule has 0 aliphatic rings. The number of hydrogen-bond acceptors (Lipinski definition) is 6. The molecule has 0 unspecified atom stereocenters. The normalized spacial score (nSPS) is 11.6. The van der Waals surface area contributed by atoms with Crippen LogP contribution in [0.25, 0.3) is 10.9 Å². The number of aromatic nitrogens is 1. The first-order chi connectivity index (χ1) is 10.0. The first-order valence-electron chi connectivity index (χ1n) is 6.58. The van der Waals surface area contributed by atoms with Crippen molar-refractivity contribution in [3.63, 3.8) is 0 Å². The fourth-order valence-corrected chi connectivity index (χ4v) is 2.01. The van der Waals surface area contributed by atoms with Gasteiger partial charge < -0.3 is 15.5 Å². The van der Waals surface area contributed by atoms with Crippen molar-refractivity contribution in [1.29, 1.82) is 0 Å². The van der Waals surface area contributed by atoms with Crippen molar-refractivity contribution in [3.05, 3.63) is 40.4 Å². The molecule has 0 saturated carbocycles. The first kappa shape index (κ1) is 15.1. The van der Waals surface area contributed by atoms with E-state index in [1.54, 1.807) is 18.2 Å². The Labute approximate surface area is 121 Å². The minimum absolute atomic E-state index is 0.0126. The number of nitrogens with zero attached hydrogens (tertiary/aromatic N) is 2. The number of fused-ring (bicyclic) bond motifs is 1. The minimum Gasteiger partial charge on any atom is -0.394 e. The maximum atomic E-state index is 10.7. The van der Waals surface area contributed by atoms with Crippen LogP contribution in [0.1, 0.15) is 13.3 Å². The molecule has 21 heavy (non-hydrogen) atoms. The lowest BCUT2D eigenvalue weighted by molar-refractivity contribution is -0.384. The van der Waals surface area contributed by atoms with Crippen LogP contribution in [0.3, 0.4) is 0 Å². The number of pyridine rings is 1. The van der Waals surface area contributed by atoms with Gasteiger partial charge in [-0.1, -0.05) is 6.92 Å². The average molecular weight is 291 g/mol. The molecule has 2 aromatic rings. The lowest BCUT2D eigenvalue weighted by atomic mass is 9.98. The van der Waals surface area contributed by atoms with Crippen molar-refractivity contribution in [3.8, 4) is 0 Å². The third-order valence-corrected chi connectivity index (χ3v) is 3.56. The van der Waals surface area contributed by atoms with Gasteiger partial charge in [-0.05, 0) is 24.6 Å². The zero-order valence-corrected chi connectivity index (χ0v) is 11.6. The maximum absolute atomic E-state index is 10.7. The summed E-state index contributed by atoms with van der Waals surface area (Å²) in [4.78, 5) is 14.6. The number of aliphatic hydroxyl groups is 2. The topological polar surface area (TPSA) is 109 Å². The van der Waals surface area contributed by atoms with E-state index in [0.717, 1.165) is 0 Å². The molecule has 112 valence electrons. The smallest absolute Gasteiger partial charge is 0.270 e. The molecular weight excluding hydrogens is 274 g/mol. The van der Waals surface area contributed by atoms with Crippen LogP contribution in [0, 0.1) is 10.1 Å². The number of rotatable bonds is 6. The number of hydrogen-bond donors (Lipinski definition) is 3. The highest BCUT2D eigenvalue weighted by molar-refractivity contribution is 5.82. The average Bonchev–Trinajstić information content (AvgIpc) is 2.52. The van der Waals surface area contributed by atoms with Crippen LogP contribution in [-0.4, -0.2) is 38.9 Å². The van der Waals surface area contributed by atoms with Gasteiger partial charge in [0.1, 0.15) is 5.82 Å². The Balaban J connectivity index is 2.35. The summed E-state index contributed by atoms with van der Waals surface area (Å²) in [5.74, 6) is 0.501. The summed E-state index contributed by atoms with van der Waals surface area (Å²) >= 11 is 0. The van der Waals surface area contributed by atoms with E-state index >= 15 is 0 Å². The first-order valence-corrected chi connectivity index (χ1v) is 6.58. The zero-order valence-electron chi connectivity index (χ0n) is 11.6. The summed E-state index contributed by atoms with van der Waals surface area (Å²) in [6.07, 6.45) is 0.528. The number of anilines is 1. The molecule has 0 amide bonds. The largest absolute Gasteiger partial charge is 0.394 e. The Morgan fingerprint density at radius 1 is 1.29 bits per heavy atom. The number of nitro benzene ring substituents is 1. The highest BCUT2D eigenvalue weighted by Crippen LogP contribution is 2.23. The molecule has 0 spiro atoms. The molecule has 3 N–H and O–H groups in total. The number of nitrogens with one attached hydrogen (secondary N) is 1. The summed E-state index contributed by atoms with van der Waals surface area (Å²) < 4.78 is 0. The van der Waals surface area contributed by atoms with E-state index in [1.807, 2.05) is 6.92 Å². The van der Waals surface area contributed by atoms with Gasteiger partial charge in [0.25, 0.3) is 5.69 Å². The molecule has 1 aromatic heterocycles. The lowest BCUT2D eigenvalue weighted by Gasteiger charge is -2.30. The molecule has 7 heteroatoms. The monoisotopic (exact) mass is 291 g/mol. The standard InChI is InChI=1S/C14H17N3O4/c1-2-14(8-18,9-19)16-13-6-3-10-7-11(17(20)21)4-5-12(10)15-13/h3-7,18-19H,2,8-9H2,1H3,(H,15,16). The third kappa shape index (κ3) is 3.09. The Bertz CT molecular complexity index is 647. The SMILES string of the molecule is CCC(CO)(CO)Nc1ccc2cc([N+](=O)[O-])ccc2n1. The second kappa shape index (κ2) is 6.02. The molecule has 1 heterocycles. The van der Waals surface area contributed by atoms with Crippen LogP contribution in [0.15, 0.2) is 30.3 Å². The number of aliphatic hydroxyl groups excluding tert-OH is 2. The Morgan fingerprint density at radius 3 is 2.57 bits per heavy atom. The van der Waals surface area contributed by atoms with Crippen LogP contribution in [0.2, 0.25) is 0 Å². The van der Waals surface area contributed by atoms with E-state index in [-0.39, 0.29) is 18.9 Å². The van der Waals surface area contributed by atoms with E-state index in [9.17, 15) is 20.3 Å². The summed E-state index contributed by atoms with van der Waals surface area (Å²) in [6.45, 7) is 1.41. The molecule has 0 saturated heterocycles. The predicted molar refractivity (Wildman–Crippen MR) is 79.2 cm³/mol. The van der Waals surface area contributed by atoms with Gasteiger partial charge in [-0.2, -0.15) is 0 Å². The Kier molecular flexibility index (Phi) is 4.35. The Hall–Kier alpha value is -2.25. The van der Waals surface area contributed by atoms with Crippen LogP contribution >= 0.6 is 0 Å². The van der Waals surface area contributed by atoms with Crippen molar-refractivity contribution < 1.29 is 15.1 Å². The predicted octanol–water partition coefficient (Wildman–Crippen LogP) is 1.69. The van der Waals surface area contributed by atoms with E-state index in [0.29, 0.717) is 23.1 Å². The molecule has 0 atom stereocenters. The van der Waals surface area contributed by atoms with Crippen molar-refractivity contribution in [1.82, 2.24) is 4.98 Å². The van der Waals surface area contributed by atoms with Crippen LogP contribution < -0.4 is 5.32 Å². The van der Waals surface area contributed by atoms with Crippen LogP contribution in [-0.2, 0) is 0 Å². The molecule has 0 aliphatic carbocycles. The highest BCUT2D eigenvalue weighted by Gasteiger charge is 2.26. The molecular formula is C14H17N3O4. The minimum atomic E-state index is -0.832. The van der Waals surface area contributed by atoms with Crippen molar-refractivity contribution in [2.75, 3.05) is 18.5 Å². The third-order valence-electron chi connectivity index (χ3n) is 3.56. The molecule has 0 aliphatic heterocycles. The summed E-state index contributed by atoms with van der Waals surface area (Å²) in [6, 6.07) is 7.81. The summed E-state index contributed by atoms with van der Waals surface area (Å²) in [7, 11) is 0. The molecule has 1 aromatic carbocycles. The van der Waals surface area contributed by atoms with Gasteiger partial charge in [0.2, 0.25) is 0 Å². The molecule has 0 bridgehead atoms. The fraction of sp³-hybridized carbons (Fsp3) is 0.357. The van der Waals surface area contributed by atoms with Crippen LogP contribution in [0.4, 0.5) is 11.5 Å². The molecule has 7 nitrogen and oxygen atoms in total. The molecule has 0 radical (unpaired) electrons. The van der Waals surface area contributed by atoms with Gasteiger partial charge in [-0.25, -0.2) is 4.98 Å². The summed E-state index contributed by atoms with van der Waals surface area (Å²) in [5, 5.41) is 33.3. The van der Waals surface area contributed by atoms with Gasteiger partial charge in [0.05, 0.1) is 29.2 Å². The lowest BCUT2D eigenvalue weighted by Crippen LogP contribution is -2.45. The number of benzene rings is 1. The van der Waals surface area contributed by atoms with Crippen molar-refractivity contribution in [2.45, 2.75) is 18.9 Å². The second-order valence-electron chi connectivity index (χ2n) is 4.91. The van der Waals surface area contributed by atoms with E-state index in [1.165, 1.54) is 12.1 Å². The quantitative estimate of drug-likeness (QED) is 0.552. The van der Waals surface area contributed by atoms with Crippen LogP contribution in [0.5, 0.6) is 0 Å². The fourth-order valence-electron chi connectivity index (χ4n) is 2.01. The van der Waals surface area contributed by atoms with E-state index < -0.39 is 10.5 Å². The number of non-ortho nitro benzene ring substituents is 1. The molecule has 2 rings (SSSR count). The molecule has 0 fully saturated rings. The van der Waals surface area contributed by atoms with Gasteiger partial charge >= 0.3 is 0 Å². The van der Waals surface area contributed by atoms with Gasteiger partial charge in [-0.3, -0.25) is 10.1 Å². The second-order valence-corrected chi connectivity index (χ2v) is 4.91. The van der Waals surface area contributed by atoms with E-state index in [4.69, 9.17) is 0 Å². The van der Waals surface area contributed by atoms with Gasteiger partial charge in [0, 0.05) is 17.5 Å². The van der Waals surface area contributed by atoms with Crippen molar-refractivity contribution in [2.24, 2.45) is 0 Å². The van der Waals surface area contributed by atoms with Crippen molar-refractivity contribution >= 4 is 22.4 Å². The van der Waals surface area contributed by atoms with E-state index in [2.05, 4.69) is 10.3 Å².